The summed E-state index contributed by atoms with van der Waals surface area (Å²) in [6, 6.07) is -0.195. The molecule has 0 saturated carbocycles. The molecular weight excluding hydrogens is 270 g/mol. The van der Waals surface area contributed by atoms with E-state index in [2.05, 4.69) is 10.9 Å². The highest BCUT2D eigenvalue weighted by Gasteiger charge is 2.60. The Morgan fingerprint density at radius 1 is 1.43 bits per heavy atom. The molecule has 2 heterocycles. The van der Waals surface area contributed by atoms with E-state index < -0.39 is 5.79 Å². The van der Waals surface area contributed by atoms with Gasteiger partial charge in [0.1, 0.15) is 12.6 Å². The van der Waals surface area contributed by atoms with Gasteiger partial charge in [-0.15, -0.1) is 6.42 Å². The minimum atomic E-state index is -0.867. The summed E-state index contributed by atoms with van der Waals surface area (Å²) >= 11 is 0. The van der Waals surface area contributed by atoms with Crippen LogP contribution in [0.4, 0.5) is 0 Å². The fraction of sp³-hybridized carbons (Fsp3) is 0.800. The molecule has 0 aromatic heterocycles. The quantitative estimate of drug-likeness (QED) is 0.346. The molecule has 118 valence electrons. The number of hydrogen-bond acceptors (Lipinski definition) is 4. The third-order valence-electron chi connectivity index (χ3n) is 4.01. The normalized spacial score (nSPS) is 32.1. The van der Waals surface area contributed by atoms with Crippen LogP contribution in [0.2, 0.25) is 0 Å². The second kappa shape index (κ2) is 5.48. The number of guanidine groups is 1. The SMILES string of the molecule is C#C[C@@H]1CN(C(N)=NC(C)(C)C)[C@H]2[C@@H]1OCC2(OC)OC. The molecule has 2 aliphatic rings. The molecule has 0 bridgehead atoms. The van der Waals surface area contributed by atoms with Crippen molar-refractivity contribution in [1.29, 1.82) is 0 Å². The molecule has 2 saturated heterocycles. The fourth-order valence-corrected chi connectivity index (χ4v) is 3.05. The van der Waals surface area contributed by atoms with Gasteiger partial charge >= 0.3 is 0 Å². The van der Waals surface area contributed by atoms with Gasteiger partial charge in [-0.05, 0) is 20.8 Å². The third kappa shape index (κ3) is 2.73. The maximum atomic E-state index is 6.21. The Labute approximate surface area is 126 Å². The van der Waals surface area contributed by atoms with E-state index in [4.69, 9.17) is 26.4 Å². The van der Waals surface area contributed by atoms with E-state index in [9.17, 15) is 0 Å². The summed E-state index contributed by atoms with van der Waals surface area (Å²) < 4.78 is 17.0. The maximum absolute atomic E-state index is 6.21. The van der Waals surface area contributed by atoms with Gasteiger partial charge in [0.25, 0.3) is 0 Å². The minimum absolute atomic E-state index is 0.0594. The van der Waals surface area contributed by atoms with Crippen molar-refractivity contribution in [1.82, 2.24) is 4.90 Å². The van der Waals surface area contributed by atoms with Crippen molar-refractivity contribution in [2.24, 2.45) is 16.6 Å². The van der Waals surface area contributed by atoms with Crippen LogP contribution in [0.25, 0.3) is 0 Å². The largest absolute Gasteiger partial charge is 0.370 e. The summed E-state index contributed by atoms with van der Waals surface area (Å²) in [7, 11) is 3.21. The number of methoxy groups -OCH3 is 2. The van der Waals surface area contributed by atoms with Gasteiger partial charge in [0.2, 0.25) is 5.79 Å². The Balaban J connectivity index is 2.38. The van der Waals surface area contributed by atoms with Crippen molar-refractivity contribution in [3.8, 4) is 12.3 Å². The Hall–Kier alpha value is -1.29. The van der Waals surface area contributed by atoms with Crippen LogP contribution in [0.1, 0.15) is 20.8 Å². The van der Waals surface area contributed by atoms with Gasteiger partial charge in [-0.2, -0.15) is 0 Å². The number of terminal acetylenes is 1. The number of nitrogens with two attached hydrogens (primary N) is 1. The first-order valence-corrected chi connectivity index (χ1v) is 7.08. The molecule has 6 heteroatoms. The zero-order chi connectivity index (χ0) is 15.8. The van der Waals surface area contributed by atoms with Crippen molar-refractivity contribution in [3.05, 3.63) is 0 Å². The molecule has 21 heavy (non-hydrogen) atoms. The molecule has 0 aromatic carbocycles. The summed E-state index contributed by atoms with van der Waals surface area (Å²) in [5.74, 6) is 2.30. The Kier molecular flexibility index (Phi) is 4.20. The van der Waals surface area contributed by atoms with E-state index >= 15 is 0 Å². The van der Waals surface area contributed by atoms with Crippen LogP contribution in [0, 0.1) is 18.3 Å². The first-order chi connectivity index (χ1) is 9.78. The van der Waals surface area contributed by atoms with E-state index in [1.165, 1.54) is 0 Å². The second-order valence-electron chi connectivity index (χ2n) is 6.51. The molecule has 2 aliphatic heterocycles. The Morgan fingerprint density at radius 2 is 2.05 bits per heavy atom. The number of hydrogen-bond donors (Lipinski definition) is 1. The van der Waals surface area contributed by atoms with Gasteiger partial charge in [0.15, 0.2) is 5.96 Å². The van der Waals surface area contributed by atoms with E-state index in [1.807, 2.05) is 25.7 Å². The average Bonchev–Trinajstić information content (AvgIpc) is 2.94. The van der Waals surface area contributed by atoms with Gasteiger partial charge < -0.3 is 24.8 Å². The summed E-state index contributed by atoms with van der Waals surface area (Å²) in [6.45, 7) is 6.91. The molecule has 0 aromatic rings. The lowest BCUT2D eigenvalue weighted by atomic mass is 9.99. The lowest BCUT2D eigenvalue weighted by molar-refractivity contribution is -0.222. The first-order valence-electron chi connectivity index (χ1n) is 7.08. The summed E-state index contributed by atoms with van der Waals surface area (Å²) in [4.78, 5) is 6.50. The van der Waals surface area contributed by atoms with E-state index in [0.717, 1.165) is 0 Å². The summed E-state index contributed by atoms with van der Waals surface area (Å²) in [5, 5.41) is 0. The molecule has 3 atom stereocenters. The second-order valence-corrected chi connectivity index (χ2v) is 6.51. The molecule has 2 fully saturated rings. The molecular formula is C15H25N3O3. The molecule has 2 N–H and O–H groups in total. The average molecular weight is 295 g/mol. The van der Waals surface area contributed by atoms with Crippen LogP contribution in [0.15, 0.2) is 4.99 Å². The van der Waals surface area contributed by atoms with Crippen molar-refractivity contribution >= 4 is 5.96 Å². The van der Waals surface area contributed by atoms with E-state index in [1.54, 1.807) is 14.2 Å². The predicted octanol–water partition coefficient (Wildman–Crippen LogP) is 0.421. The lowest BCUT2D eigenvalue weighted by Crippen LogP contribution is -2.56. The van der Waals surface area contributed by atoms with Crippen molar-refractivity contribution in [2.45, 2.75) is 44.2 Å². The number of rotatable bonds is 2. The first kappa shape index (κ1) is 16.1. The monoisotopic (exact) mass is 295 g/mol. The van der Waals surface area contributed by atoms with Crippen LogP contribution < -0.4 is 5.73 Å². The lowest BCUT2D eigenvalue weighted by Gasteiger charge is -2.36. The fourth-order valence-electron chi connectivity index (χ4n) is 3.05. The molecule has 0 unspecified atom stereocenters. The van der Waals surface area contributed by atoms with Gasteiger partial charge in [-0.3, -0.25) is 0 Å². The van der Waals surface area contributed by atoms with E-state index in [-0.39, 0.29) is 23.6 Å². The number of likely N-dealkylation sites (tertiary alicyclic amines) is 1. The van der Waals surface area contributed by atoms with Crippen LogP contribution in [-0.2, 0) is 14.2 Å². The molecule has 6 nitrogen and oxygen atoms in total. The molecule has 0 aliphatic carbocycles. The Morgan fingerprint density at radius 3 is 2.52 bits per heavy atom. The van der Waals surface area contributed by atoms with Crippen molar-refractivity contribution in [3.63, 3.8) is 0 Å². The summed E-state index contributed by atoms with van der Waals surface area (Å²) in [5.41, 5.74) is 5.94. The number of ether oxygens (including phenoxy) is 3. The smallest absolute Gasteiger partial charge is 0.215 e. The zero-order valence-corrected chi connectivity index (χ0v) is 13.4. The summed E-state index contributed by atoms with van der Waals surface area (Å²) in [6.07, 6.45) is 5.47. The number of fused-ring (bicyclic) bond motifs is 1. The molecule has 2 rings (SSSR count). The maximum Gasteiger partial charge on any atom is 0.215 e. The Bertz CT molecular complexity index is 460. The third-order valence-corrected chi connectivity index (χ3v) is 4.01. The van der Waals surface area contributed by atoms with Crippen LogP contribution in [0.3, 0.4) is 0 Å². The molecule has 0 radical (unpaired) electrons. The van der Waals surface area contributed by atoms with Gasteiger partial charge in [-0.25, -0.2) is 4.99 Å². The standard InChI is InChI=1S/C15H25N3O3/c1-7-10-8-18(13(16)17-14(2,3)4)12-11(10)21-9-15(12,19-5)20-6/h1,10-12H,8-9H2,2-6H3,(H2,16,17)/t10-,11-,12+/m1/s1. The zero-order valence-electron chi connectivity index (χ0n) is 13.4. The van der Waals surface area contributed by atoms with E-state index in [0.29, 0.717) is 19.1 Å². The minimum Gasteiger partial charge on any atom is -0.370 e. The number of aliphatic imine (C=N–C) groups is 1. The predicted molar refractivity (Wildman–Crippen MR) is 80.7 cm³/mol. The van der Waals surface area contributed by atoms with Crippen LogP contribution >= 0.6 is 0 Å². The topological polar surface area (TPSA) is 69.3 Å². The van der Waals surface area contributed by atoms with Gasteiger partial charge in [0, 0.05) is 20.8 Å². The highest BCUT2D eigenvalue weighted by molar-refractivity contribution is 5.79. The van der Waals surface area contributed by atoms with Crippen LogP contribution in [0.5, 0.6) is 0 Å². The molecule has 0 spiro atoms. The van der Waals surface area contributed by atoms with Gasteiger partial charge in [0.05, 0.1) is 17.6 Å². The number of nitrogens with zero attached hydrogens (tertiary/aromatic N) is 2. The van der Waals surface area contributed by atoms with Crippen molar-refractivity contribution in [2.75, 3.05) is 27.4 Å². The highest BCUT2D eigenvalue weighted by Crippen LogP contribution is 2.41. The van der Waals surface area contributed by atoms with Crippen molar-refractivity contribution < 1.29 is 14.2 Å². The van der Waals surface area contributed by atoms with Crippen LogP contribution in [-0.4, -0.2) is 61.7 Å². The van der Waals surface area contributed by atoms with Gasteiger partial charge in [-0.1, -0.05) is 5.92 Å². The molecule has 0 amide bonds. The highest BCUT2D eigenvalue weighted by atomic mass is 16.7.